The fourth-order valence-corrected chi connectivity index (χ4v) is 1.72. The predicted molar refractivity (Wildman–Crippen MR) is 127 cm³/mol. The molecule has 17 heteroatoms. The molecule has 0 saturated carbocycles. The Bertz CT molecular complexity index is 473. The molecule has 0 aliphatic carbocycles. The summed E-state index contributed by atoms with van der Waals surface area (Å²) in [6.07, 6.45) is 4.95. The van der Waals surface area contributed by atoms with Gasteiger partial charge in [0, 0.05) is 0 Å². The lowest BCUT2D eigenvalue weighted by Gasteiger charge is -2.02. The largest absolute Gasteiger partial charge is 0.480 e. The number of aliphatic carboxylic acids is 5. The zero-order valence-corrected chi connectivity index (χ0v) is 20.2. The Hall–Kier alpha value is -2.15. The van der Waals surface area contributed by atoms with Gasteiger partial charge < -0.3 is 54.2 Å². The van der Waals surface area contributed by atoms with Gasteiger partial charge in [0.2, 0.25) is 0 Å². The molecule has 0 rings (SSSR count). The fraction of sp³-hybridized carbons (Fsp3) is 0.688. The van der Waals surface area contributed by atoms with E-state index in [0.29, 0.717) is 12.8 Å². The van der Waals surface area contributed by atoms with Crippen molar-refractivity contribution in [3.8, 4) is 0 Å². The van der Waals surface area contributed by atoms with E-state index in [1.165, 1.54) is 0 Å². The second kappa shape index (κ2) is 32.0. The highest BCUT2D eigenvalue weighted by atomic mass is 32.2. The minimum absolute atomic E-state index is 0.278. The van der Waals surface area contributed by atoms with Crippen LogP contribution in [0.15, 0.2) is 0 Å². The molecule has 2 unspecified atom stereocenters. The van der Waals surface area contributed by atoms with Crippen molar-refractivity contribution in [2.45, 2.75) is 24.9 Å². The Morgan fingerprint density at radius 3 is 0.879 bits per heavy atom. The van der Waals surface area contributed by atoms with Crippen LogP contribution in [0.5, 0.6) is 0 Å². The highest BCUT2D eigenvalue weighted by Crippen LogP contribution is 1.98. The summed E-state index contributed by atoms with van der Waals surface area (Å²) in [5.41, 5.74) is 24.1. The quantitative estimate of drug-likeness (QED) is 0.132. The SMILES string of the molecule is CSCCC(N)C(=O)O.CSCCC(N)C(=O)O.NCC(=O)O.NCC(=O)O.NCC(=O)O. The Morgan fingerprint density at radius 2 is 0.788 bits per heavy atom. The lowest BCUT2D eigenvalue weighted by molar-refractivity contribution is -0.139. The van der Waals surface area contributed by atoms with E-state index in [4.69, 9.17) is 37.0 Å². The molecule has 15 N–H and O–H groups in total. The van der Waals surface area contributed by atoms with Gasteiger partial charge >= 0.3 is 29.8 Å². The fourth-order valence-electron chi connectivity index (χ4n) is 0.737. The molecular formula is C16H37N5O10S2. The van der Waals surface area contributed by atoms with Gasteiger partial charge in [-0.2, -0.15) is 23.5 Å². The molecule has 2 atom stereocenters. The van der Waals surface area contributed by atoms with Gasteiger partial charge in [0.1, 0.15) is 12.1 Å². The lowest BCUT2D eigenvalue weighted by Crippen LogP contribution is -2.30. The van der Waals surface area contributed by atoms with E-state index in [9.17, 15) is 24.0 Å². The van der Waals surface area contributed by atoms with E-state index in [1.807, 2.05) is 12.5 Å². The van der Waals surface area contributed by atoms with Crippen molar-refractivity contribution in [3.63, 3.8) is 0 Å². The summed E-state index contributed by atoms with van der Waals surface area (Å²) in [5, 5.41) is 39.3. The molecule has 0 fully saturated rings. The summed E-state index contributed by atoms with van der Waals surface area (Å²) in [4.78, 5) is 47.9. The number of nitrogens with two attached hydrogens (primary N) is 5. The molecule has 0 aliphatic rings. The van der Waals surface area contributed by atoms with E-state index >= 15 is 0 Å². The zero-order chi connectivity index (χ0) is 27.4. The second-order valence-corrected chi connectivity index (χ2v) is 7.22. The number of thioether (sulfide) groups is 2. The first kappa shape index (κ1) is 41.1. The van der Waals surface area contributed by atoms with Crippen LogP contribution in [0, 0.1) is 0 Å². The van der Waals surface area contributed by atoms with Gasteiger partial charge in [0.15, 0.2) is 0 Å². The standard InChI is InChI=1S/2C5H11NO2S.3C2H5NO2/c2*1-9-3-2-4(6)5(7)8;3*3-1-2(4)5/h2*4H,2-3,6H2,1H3,(H,7,8);3*1,3H2,(H,4,5). The average Bonchev–Trinajstić information content (AvgIpc) is 2.76. The van der Waals surface area contributed by atoms with Crippen molar-refractivity contribution in [2.75, 3.05) is 43.7 Å². The van der Waals surface area contributed by atoms with Crippen LogP contribution >= 0.6 is 23.5 Å². The van der Waals surface area contributed by atoms with Crippen molar-refractivity contribution >= 4 is 53.4 Å². The molecule has 0 aliphatic heterocycles. The number of rotatable bonds is 11. The molecule has 0 saturated heterocycles. The molecule has 198 valence electrons. The third-order valence-electron chi connectivity index (χ3n) is 2.42. The summed E-state index contributed by atoms with van der Waals surface area (Å²) < 4.78 is 0. The maximum absolute atomic E-state index is 10.1. The van der Waals surface area contributed by atoms with Crippen molar-refractivity contribution in [1.29, 1.82) is 0 Å². The van der Waals surface area contributed by atoms with Crippen LogP contribution in [0.25, 0.3) is 0 Å². The van der Waals surface area contributed by atoms with Crippen LogP contribution in [0.1, 0.15) is 12.8 Å². The molecule has 0 aromatic carbocycles. The minimum atomic E-state index is -0.968. The third-order valence-corrected chi connectivity index (χ3v) is 3.71. The lowest BCUT2D eigenvalue weighted by atomic mass is 10.2. The summed E-state index contributed by atoms with van der Waals surface area (Å²) in [5.74, 6) is -3.10. The predicted octanol–water partition coefficient (Wildman–Crippen LogP) is -2.61. The van der Waals surface area contributed by atoms with Gasteiger partial charge in [0.25, 0.3) is 0 Å². The monoisotopic (exact) mass is 523 g/mol. The average molecular weight is 524 g/mol. The third kappa shape index (κ3) is 58.8. The molecule has 15 nitrogen and oxygen atoms in total. The van der Waals surface area contributed by atoms with E-state index in [0.717, 1.165) is 11.5 Å². The highest BCUT2D eigenvalue weighted by molar-refractivity contribution is 7.98. The van der Waals surface area contributed by atoms with Crippen LogP contribution < -0.4 is 28.7 Å². The molecule has 0 amide bonds. The summed E-state index contributed by atoms with van der Waals surface area (Å²) in [7, 11) is 0. The Kier molecular flexibility index (Phi) is 39.9. The molecule has 0 spiro atoms. The Labute approximate surface area is 200 Å². The normalized spacial score (nSPS) is 10.5. The van der Waals surface area contributed by atoms with Gasteiger partial charge in [-0.05, 0) is 36.9 Å². The van der Waals surface area contributed by atoms with Crippen LogP contribution in [0.3, 0.4) is 0 Å². The number of carboxylic acids is 5. The Balaban J connectivity index is -0.000000102. The summed E-state index contributed by atoms with van der Waals surface area (Å²) in [6, 6.07) is -1.37. The topological polar surface area (TPSA) is 317 Å². The molecular weight excluding hydrogens is 486 g/mol. The first-order chi connectivity index (χ1) is 15.2. The summed E-state index contributed by atoms with van der Waals surface area (Å²) in [6.45, 7) is -0.833. The van der Waals surface area contributed by atoms with Crippen molar-refractivity contribution < 1.29 is 49.5 Å². The van der Waals surface area contributed by atoms with Crippen molar-refractivity contribution in [2.24, 2.45) is 28.7 Å². The van der Waals surface area contributed by atoms with Crippen LogP contribution in [-0.2, 0) is 24.0 Å². The minimum Gasteiger partial charge on any atom is -0.480 e. The molecule has 0 heterocycles. The van der Waals surface area contributed by atoms with Gasteiger partial charge in [0.05, 0.1) is 19.6 Å². The van der Waals surface area contributed by atoms with Crippen molar-refractivity contribution in [3.05, 3.63) is 0 Å². The zero-order valence-electron chi connectivity index (χ0n) is 18.6. The van der Waals surface area contributed by atoms with Crippen LogP contribution in [0.2, 0.25) is 0 Å². The van der Waals surface area contributed by atoms with Crippen LogP contribution in [0.4, 0.5) is 0 Å². The molecule has 33 heavy (non-hydrogen) atoms. The summed E-state index contributed by atoms with van der Waals surface area (Å²) >= 11 is 3.21. The van der Waals surface area contributed by atoms with Crippen LogP contribution in [-0.4, -0.2) is 111 Å². The second-order valence-electron chi connectivity index (χ2n) is 5.25. The number of hydrogen-bond donors (Lipinski definition) is 10. The number of carbonyl (C=O) groups is 5. The van der Waals surface area contributed by atoms with E-state index in [1.54, 1.807) is 23.5 Å². The maximum atomic E-state index is 10.1. The maximum Gasteiger partial charge on any atom is 0.320 e. The van der Waals surface area contributed by atoms with E-state index in [2.05, 4.69) is 17.2 Å². The molecule has 0 aromatic heterocycles. The van der Waals surface area contributed by atoms with Gasteiger partial charge in [-0.15, -0.1) is 0 Å². The van der Waals surface area contributed by atoms with Crippen molar-refractivity contribution in [1.82, 2.24) is 0 Å². The highest BCUT2D eigenvalue weighted by Gasteiger charge is 2.09. The van der Waals surface area contributed by atoms with Gasteiger partial charge in [-0.1, -0.05) is 0 Å². The Morgan fingerprint density at radius 1 is 0.606 bits per heavy atom. The first-order valence-corrected chi connectivity index (χ1v) is 11.7. The molecule has 0 aromatic rings. The number of hydrogen-bond acceptors (Lipinski definition) is 12. The first-order valence-electron chi connectivity index (χ1n) is 8.88. The van der Waals surface area contributed by atoms with E-state index in [-0.39, 0.29) is 19.6 Å². The molecule has 0 radical (unpaired) electrons. The van der Waals surface area contributed by atoms with E-state index < -0.39 is 41.9 Å². The molecule has 0 bridgehead atoms. The number of carboxylic acid groups (broad SMARTS) is 5. The van der Waals surface area contributed by atoms with Gasteiger partial charge in [-0.25, -0.2) is 0 Å². The smallest absolute Gasteiger partial charge is 0.320 e. The van der Waals surface area contributed by atoms with Gasteiger partial charge in [-0.3, -0.25) is 24.0 Å².